The highest BCUT2D eigenvalue weighted by Crippen LogP contribution is 2.35. The minimum absolute atomic E-state index is 0.359. The van der Waals surface area contributed by atoms with E-state index in [1.54, 1.807) is 6.07 Å². The van der Waals surface area contributed by atoms with E-state index in [1.165, 1.54) is 0 Å². The van der Waals surface area contributed by atoms with E-state index in [4.69, 9.17) is 28.9 Å². The van der Waals surface area contributed by atoms with E-state index in [-0.39, 0.29) is 5.54 Å². The molecule has 0 aliphatic heterocycles. The van der Waals surface area contributed by atoms with Crippen molar-refractivity contribution in [3.05, 3.63) is 33.8 Å². The Bertz CT molecular complexity index is 319. The number of halogens is 2. The molecule has 14 heavy (non-hydrogen) atoms. The lowest BCUT2D eigenvalue weighted by Crippen LogP contribution is -2.35. The zero-order valence-corrected chi connectivity index (χ0v) is 9.99. The maximum atomic E-state index is 6.24. The summed E-state index contributed by atoms with van der Waals surface area (Å²) in [5.74, 6) is 0. The van der Waals surface area contributed by atoms with Crippen molar-refractivity contribution in [3.8, 4) is 0 Å². The van der Waals surface area contributed by atoms with E-state index >= 15 is 0 Å². The third-order valence-corrected chi connectivity index (χ3v) is 3.57. The third-order valence-electron chi connectivity index (χ3n) is 2.75. The van der Waals surface area contributed by atoms with Gasteiger partial charge in [0.15, 0.2) is 0 Å². The molecule has 3 heteroatoms. The second-order valence-electron chi connectivity index (χ2n) is 3.46. The van der Waals surface area contributed by atoms with Crippen LogP contribution < -0.4 is 5.73 Å². The van der Waals surface area contributed by atoms with E-state index in [1.807, 2.05) is 12.1 Å². The molecular weight excluding hydrogens is 217 g/mol. The fourth-order valence-corrected chi connectivity index (χ4v) is 2.01. The van der Waals surface area contributed by atoms with Gasteiger partial charge in [-0.2, -0.15) is 0 Å². The Labute approximate surface area is 95.2 Å². The van der Waals surface area contributed by atoms with Gasteiger partial charge in [0.05, 0.1) is 10.0 Å². The Morgan fingerprint density at radius 1 is 1.21 bits per heavy atom. The molecule has 0 aliphatic rings. The molecule has 2 N–H and O–H groups in total. The standard InChI is InChI=1S/C11H15Cl2N/c1-3-11(14,4-2)8-6-5-7-9(12)10(8)13/h5-7H,3-4,14H2,1-2H3. The molecule has 0 aliphatic carbocycles. The average molecular weight is 232 g/mol. The quantitative estimate of drug-likeness (QED) is 0.838. The molecule has 1 nitrogen and oxygen atoms in total. The van der Waals surface area contributed by atoms with Crippen LogP contribution in [0.2, 0.25) is 10.0 Å². The maximum Gasteiger partial charge on any atom is 0.0642 e. The second kappa shape index (κ2) is 4.52. The topological polar surface area (TPSA) is 26.0 Å². The number of hydrogen-bond acceptors (Lipinski definition) is 1. The van der Waals surface area contributed by atoms with Gasteiger partial charge in [0.2, 0.25) is 0 Å². The van der Waals surface area contributed by atoms with Crippen LogP contribution in [0.4, 0.5) is 0 Å². The van der Waals surface area contributed by atoms with Crippen molar-refractivity contribution in [3.63, 3.8) is 0 Å². The van der Waals surface area contributed by atoms with Gasteiger partial charge in [0.1, 0.15) is 0 Å². The monoisotopic (exact) mass is 231 g/mol. The first-order chi connectivity index (χ1) is 6.55. The van der Waals surface area contributed by atoms with Crippen molar-refractivity contribution in [2.45, 2.75) is 32.2 Å². The normalized spacial score (nSPS) is 11.8. The van der Waals surface area contributed by atoms with Gasteiger partial charge in [-0.1, -0.05) is 49.2 Å². The predicted molar refractivity (Wildman–Crippen MR) is 62.9 cm³/mol. The lowest BCUT2D eigenvalue weighted by atomic mass is 9.86. The molecule has 0 bridgehead atoms. The molecular formula is C11H15Cl2N. The molecule has 0 saturated carbocycles. The van der Waals surface area contributed by atoms with Gasteiger partial charge in [0.25, 0.3) is 0 Å². The first kappa shape index (κ1) is 11.8. The van der Waals surface area contributed by atoms with Crippen LogP contribution in [0.1, 0.15) is 32.3 Å². The van der Waals surface area contributed by atoms with Gasteiger partial charge in [-0.3, -0.25) is 0 Å². The summed E-state index contributed by atoms with van der Waals surface area (Å²) in [5, 5.41) is 1.15. The van der Waals surface area contributed by atoms with Crippen molar-refractivity contribution in [1.29, 1.82) is 0 Å². The van der Waals surface area contributed by atoms with Gasteiger partial charge in [0, 0.05) is 5.54 Å². The van der Waals surface area contributed by atoms with Crippen molar-refractivity contribution in [1.82, 2.24) is 0 Å². The van der Waals surface area contributed by atoms with Crippen LogP contribution >= 0.6 is 23.2 Å². The Hall–Kier alpha value is -0.240. The summed E-state index contributed by atoms with van der Waals surface area (Å²) in [6.07, 6.45) is 1.70. The molecule has 78 valence electrons. The third kappa shape index (κ3) is 2.05. The molecule has 1 aromatic carbocycles. The van der Waals surface area contributed by atoms with E-state index < -0.39 is 0 Å². The first-order valence-corrected chi connectivity index (χ1v) is 5.54. The van der Waals surface area contributed by atoms with E-state index in [2.05, 4.69) is 13.8 Å². The summed E-state index contributed by atoms with van der Waals surface area (Å²) in [4.78, 5) is 0. The van der Waals surface area contributed by atoms with Gasteiger partial charge in [-0.15, -0.1) is 0 Å². The molecule has 0 heterocycles. The van der Waals surface area contributed by atoms with Crippen molar-refractivity contribution >= 4 is 23.2 Å². The molecule has 0 fully saturated rings. The molecule has 1 rings (SSSR count). The van der Waals surface area contributed by atoms with Crippen molar-refractivity contribution < 1.29 is 0 Å². The van der Waals surface area contributed by atoms with Crippen LogP contribution in [0.5, 0.6) is 0 Å². The Morgan fingerprint density at radius 3 is 2.29 bits per heavy atom. The van der Waals surface area contributed by atoms with Gasteiger partial charge >= 0.3 is 0 Å². The van der Waals surface area contributed by atoms with Crippen LogP contribution in [0, 0.1) is 0 Å². The molecule has 0 amide bonds. The second-order valence-corrected chi connectivity index (χ2v) is 4.25. The maximum absolute atomic E-state index is 6.24. The highest BCUT2D eigenvalue weighted by Gasteiger charge is 2.25. The van der Waals surface area contributed by atoms with Crippen LogP contribution in [0.3, 0.4) is 0 Å². The summed E-state index contributed by atoms with van der Waals surface area (Å²) < 4.78 is 0. The molecule has 0 unspecified atom stereocenters. The largest absolute Gasteiger partial charge is 0.321 e. The molecule has 0 radical (unpaired) electrons. The Kier molecular flexibility index (Phi) is 3.82. The summed E-state index contributed by atoms with van der Waals surface area (Å²) >= 11 is 12.1. The lowest BCUT2D eigenvalue weighted by molar-refractivity contribution is 0.413. The fourth-order valence-electron chi connectivity index (χ4n) is 1.52. The predicted octanol–water partition coefficient (Wildman–Crippen LogP) is 3.97. The number of hydrogen-bond donors (Lipinski definition) is 1. The smallest absolute Gasteiger partial charge is 0.0642 e. The zero-order valence-electron chi connectivity index (χ0n) is 8.48. The highest BCUT2D eigenvalue weighted by molar-refractivity contribution is 6.42. The van der Waals surface area contributed by atoms with Gasteiger partial charge < -0.3 is 5.73 Å². The van der Waals surface area contributed by atoms with E-state index in [0.717, 1.165) is 18.4 Å². The zero-order chi connectivity index (χ0) is 10.8. The number of nitrogens with two attached hydrogens (primary N) is 1. The highest BCUT2D eigenvalue weighted by atomic mass is 35.5. The summed E-state index contributed by atoms with van der Waals surface area (Å²) in [7, 11) is 0. The van der Waals surface area contributed by atoms with Crippen LogP contribution in [-0.2, 0) is 5.54 Å². The number of rotatable bonds is 3. The van der Waals surface area contributed by atoms with Crippen molar-refractivity contribution in [2.75, 3.05) is 0 Å². The van der Waals surface area contributed by atoms with Crippen LogP contribution in [0.25, 0.3) is 0 Å². The van der Waals surface area contributed by atoms with E-state index in [9.17, 15) is 0 Å². The lowest BCUT2D eigenvalue weighted by Gasteiger charge is -2.28. The SMILES string of the molecule is CCC(N)(CC)c1cccc(Cl)c1Cl. The summed E-state index contributed by atoms with van der Waals surface area (Å²) in [6, 6.07) is 5.61. The molecule has 0 aromatic heterocycles. The molecule has 1 aromatic rings. The fraction of sp³-hybridized carbons (Fsp3) is 0.455. The minimum Gasteiger partial charge on any atom is -0.321 e. The minimum atomic E-state index is -0.359. The van der Waals surface area contributed by atoms with Crippen LogP contribution in [-0.4, -0.2) is 0 Å². The van der Waals surface area contributed by atoms with Gasteiger partial charge in [-0.25, -0.2) is 0 Å². The summed E-state index contributed by atoms with van der Waals surface area (Å²) in [6.45, 7) is 4.11. The molecule has 0 spiro atoms. The average Bonchev–Trinajstić information content (AvgIpc) is 2.21. The van der Waals surface area contributed by atoms with E-state index in [0.29, 0.717) is 10.0 Å². The Balaban J connectivity index is 3.24. The Morgan fingerprint density at radius 2 is 1.79 bits per heavy atom. The summed E-state index contributed by atoms with van der Waals surface area (Å²) in [5.41, 5.74) is 6.83. The van der Waals surface area contributed by atoms with Crippen LogP contribution in [0.15, 0.2) is 18.2 Å². The molecule has 0 atom stereocenters. The molecule has 0 saturated heterocycles. The van der Waals surface area contributed by atoms with Gasteiger partial charge in [-0.05, 0) is 24.5 Å². The van der Waals surface area contributed by atoms with Crippen molar-refractivity contribution in [2.24, 2.45) is 5.73 Å². The number of benzene rings is 1. The first-order valence-electron chi connectivity index (χ1n) is 4.78.